The summed E-state index contributed by atoms with van der Waals surface area (Å²) in [6, 6.07) is 5.25. The first-order chi connectivity index (χ1) is 12.1. The van der Waals surface area contributed by atoms with Gasteiger partial charge in [-0.2, -0.15) is 0 Å². The number of anilines is 2. The number of carbonyl (C=O) groups is 1. The summed E-state index contributed by atoms with van der Waals surface area (Å²) in [5, 5.41) is 3.74. The number of carbonyl (C=O) groups excluding carboxylic acids is 1. The molecule has 132 valence electrons. The number of hydrogen-bond donors (Lipinski definition) is 1. The van der Waals surface area contributed by atoms with Crippen molar-refractivity contribution in [3.63, 3.8) is 0 Å². The minimum absolute atomic E-state index is 0.0515. The molecule has 1 aromatic heterocycles. The van der Waals surface area contributed by atoms with Gasteiger partial charge in [-0.3, -0.25) is 4.79 Å². The number of aryl methyl sites for hydroxylation is 1. The molecule has 7 heteroatoms. The number of methoxy groups -OCH3 is 1. The number of rotatable bonds is 4. The molecule has 1 aliphatic rings. The minimum Gasteiger partial charge on any atom is -0.495 e. The Labute approximate surface area is 152 Å². The number of piperidine rings is 1. The summed E-state index contributed by atoms with van der Waals surface area (Å²) in [7, 11) is 1.57. The molecule has 0 spiro atoms. The van der Waals surface area contributed by atoms with Crippen molar-refractivity contribution in [3.05, 3.63) is 40.7 Å². The maximum absolute atomic E-state index is 12.6. The Morgan fingerprint density at radius 2 is 2.04 bits per heavy atom. The Balaban J connectivity index is 1.82. The molecule has 3 rings (SSSR count). The van der Waals surface area contributed by atoms with Gasteiger partial charge in [0.25, 0.3) is 5.91 Å². The molecule has 2 heterocycles. The summed E-state index contributed by atoms with van der Waals surface area (Å²) >= 11 is 6.13. The molecule has 25 heavy (non-hydrogen) atoms. The van der Waals surface area contributed by atoms with Crippen LogP contribution in [0, 0.1) is 6.92 Å². The molecule has 0 saturated carbocycles. The van der Waals surface area contributed by atoms with Crippen LogP contribution in [0.5, 0.6) is 5.75 Å². The molecule has 1 aromatic carbocycles. The fraction of sp³-hybridized carbons (Fsp3) is 0.389. The van der Waals surface area contributed by atoms with Crippen molar-refractivity contribution in [2.24, 2.45) is 0 Å². The quantitative estimate of drug-likeness (QED) is 0.897. The fourth-order valence-corrected chi connectivity index (χ4v) is 3.00. The molecule has 1 N–H and O–H groups in total. The van der Waals surface area contributed by atoms with E-state index in [0.29, 0.717) is 28.1 Å². The van der Waals surface area contributed by atoms with Gasteiger partial charge in [-0.15, -0.1) is 0 Å². The molecule has 0 aliphatic carbocycles. The maximum atomic E-state index is 12.6. The zero-order valence-corrected chi connectivity index (χ0v) is 15.1. The highest BCUT2D eigenvalue weighted by molar-refractivity contribution is 6.31. The number of hydrogen-bond acceptors (Lipinski definition) is 5. The Morgan fingerprint density at radius 3 is 2.76 bits per heavy atom. The third-order valence-electron chi connectivity index (χ3n) is 4.25. The average Bonchev–Trinajstić information content (AvgIpc) is 2.65. The fourth-order valence-electron chi connectivity index (χ4n) is 2.85. The van der Waals surface area contributed by atoms with Crippen molar-refractivity contribution in [1.29, 1.82) is 0 Å². The lowest BCUT2D eigenvalue weighted by Crippen LogP contribution is -2.36. The van der Waals surface area contributed by atoms with Crippen LogP contribution >= 0.6 is 11.6 Å². The lowest BCUT2D eigenvalue weighted by Gasteiger charge is -2.26. The van der Waals surface area contributed by atoms with E-state index in [-0.39, 0.29) is 5.91 Å². The molecule has 0 unspecified atom stereocenters. The van der Waals surface area contributed by atoms with E-state index in [4.69, 9.17) is 16.3 Å². The highest BCUT2D eigenvalue weighted by atomic mass is 35.5. The van der Waals surface area contributed by atoms with Crippen LogP contribution in [0.3, 0.4) is 0 Å². The smallest absolute Gasteiger partial charge is 0.272 e. The van der Waals surface area contributed by atoms with Crippen molar-refractivity contribution in [2.45, 2.75) is 26.2 Å². The maximum Gasteiger partial charge on any atom is 0.272 e. The number of nitrogens with zero attached hydrogens (tertiary/aromatic N) is 3. The lowest BCUT2D eigenvalue weighted by molar-refractivity contribution is 0.0718. The van der Waals surface area contributed by atoms with Gasteiger partial charge < -0.3 is 15.0 Å². The van der Waals surface area contributed by atoms with Gasteiger partial charge >= 0.3 is 0 Å². The van der Waals surface area contributed by atoms with E-state index < -0.39 is 0 Å². The second-order valence-electron chi connectivity index (χ2n) is 6.05. The molecule has 2 aromatic rings. The zero-order chi connectivity index (χ0) is 17.8. The van der Waals surface area contributed by atoms with E-state index >= 15 is 0 Å². The van der Waals surface area contributed by atoms with E-state index in [2.05, 4.69) is 15.3 Å². The molecule has 0 bridgehead atoms. The van der Waals surface area contributed by atoms with Crippen molar-refractivity contribution in [2.75, 3.05) is 25.5 Å². The van der Waals surface area contributed by atoms with Crippen LogP contribution < -0.4 is 10.1 Å². The Kier molecular flexibility index (Phi) is 5.38. The van der Waals surface area contributed by atoms with Gasteiger partial charge in [0.15, 0.2) is 0 Å². The van der Waals surface area contributed by atoms with Crippen molar-refractivity contribution in [3.8, 4) is 5.75 Å². The number of nitrogens with one attached hydrogen (secondary N) is 1. The zero-order valence-electron chi connectivity index (χ0n) is 14.4. The molecular formula is C18H21ClN4O2. The third-order valence-corrected chi connectivity index (χ3v) is 4.65. The topological polar surface area (TPSA) is 67.3 Å². The van der Waals surface area contributed by atoms with Crippen LogP contribution in [0.15, 0.2) is 24.4 Å². The second-order valence-corrected chi connectivity index (χ2v) is 6.45. The number of aromatic nitrogens is 2. The summed E-state index contributed by atoms with van der Waals surface area (Å²) in [4.78, 5) is 23.0. The average molecular weight is 361 g/mol. The standard InChI is InChI=1S/C18H21ClN4O2/c1-12-10-15(16(25-2)11-13(12)19)22-18-20-7-6-14(21-18)17(24)23-8-4-3-5-9-23/h6-7,10-11H,3-5,8-9H2,1-2H3,(H,20,21,22). The SMILES string of the molecule is COc1cc(Cl)c(C)cc1Nc1nccc(C(=O)N2CCCCC2)n1. The molecule has 1 fully saturated rings. The first kappa shape index (κ1) is 17.5. The summed E-state index contributed by atoms with van der Waals surface area (Å²) in [6.45, 7) is 3.48. The number of likely N-dealkylation sites (tertiary alicyclic amines) is 1. The number of benzene rings is 1. The number of ether oxygens (including phenoxy) is 1. The first-order valence-electron chi connectivity index (χ1n) is 8.32. The highest BCUT2D eigenvalue weighted by Gasteiger charge is 2.20. The second kappa shape index (κ2) is 7.70. The predicted octanol–water partition coefficient (Wildman–Crippen LogP) is 3.82. The van der Waals surface area contributed by atoms with Crippen LogP contribution in [-0.4, -0.2) is 41.0 Å². The van der Waals surface area contributed by atoms with E-state index in [9.17, 15) is 4.79 Å². The van der Waals surface area contributed by atoms with Gasteiger partial charge in [0.1, 0.15) is 11.4 Å². The van der Waals surface area contributed by atoms with Gasteiger partial charge in [-0.05, 0) is 43.9 Å². The van der Waals surface area contributed by atoms with E-state index in [1.54, 1.807) is 25.4 Å². The third kappa shape index (κ3) is 4.02. The van der Waals surface area contributed by atoms with Crippen LogP contribution in [0.4, 0.5) is 11.6 Å². The number of halogens is 1. The predicted molar refractivity (Wildman–Crippen MR) is 97.8 cm³/mol. The van der Waals surface area contributed by atoms with Crippen molar-refractivity contribution < 1.29 is 9.53 Å². The molecule has 0 atom stereocenters. The van der Waals surface area contributed by atoms with Crippen molar-refractivity contribution >= 4 is 29.1 Å². The Morgan fingerprint density at radius 1 is 1.28 bits per heavy atom. The van der Waals surface area contributed by atoms with Gasteiger partial charge in [-0.25, -0.2) is 9.97 Å². The minimum atomic E-state index is -0.0515. The van der Waals surface area contributed by atoms with E-state index in [1.165, 1.54) is 6.42 Å². The molecule has 1 aliphatic heterocycles. The lowest BCUT2D eigenvalue weighted by atomic mass is 10.1. The summed E-state index contributed by atoms with van der Waals surface area (Å²) in [6.07, 6.45) is 4.85. The Bertz CT molecular complexity index is 776. The molecular weight excluding hydrogens is 340 g/mol. The van der Waals surface area contributed by atoms with Crippen LogP contribution in [0.1, 0.15) is 35.3 Å². The van der Waals surface area contributed by atoms with Crippen LogP contribution in [0.25, 0.3) is 0 Å². The molecule has 6 nitrogen and oxygen atoms in total. The largest absolute Gasteiger partial charge is 0.495 e. The summed E-state index contributed by atoms with van der Waals surface area (Å²) < 4.78 is 5.35. The van der Waals surface area contributed by atoms with Gasteiger partial charge in [0.05, 0.1) is 12.8 Å². The molecule has 1 amide bonds. The molecule has 1 saturated heterocycles. The van der Waals surface area contributed by atoms with Crippen molar-refractivity contribution in [1.82, 2.24) is 14.9 Å². The van der Waals surface area contributed by atoms with E-state index in [1.807, 2.05) is 17.9 Å². The highest BCUT2D eigenvalue weighted by Crippen LogP contribution is 2.32. The van der Waals surface area contributed by atoms with E-state index in [0.717, 1.165) is 31.5 Å². The summed E-state index contributed by atoms with van der Waals surface area (Å²) in [5.74, 6) is 0.888. The van der Waals surface area contributed by atoms with Gasteiger partial charge in [-0.1, -0.05) is 11.6 Å². The van der Waals surface area contributed by atoms with Crippen LogP contribution in [0.2, 0.25) is 5.02 Å². The normalized spacial score (nSPS) is 14.3. The van der Waals surface area contributed by atoms with Gasteiger partial charge in [0.2, 0.25) is 5.95 Å². The monoisotopic (exact) mass is 360 g/mol. The first-order valence-corrected chi connectivity index (χ1v) is 8.70. The Hall–Kier alpha value is -2.34. The van der Waals surface area contributed by atoms with Crippen LogP contribution in [-0.2, 0) is 0 Å². The number of amides is 1. The molecule has 0 radical (unpaired) electrons. The summed E-state index contributed by atoms with van der Waals surface area (Å²) in [5.41, 5.74) is 2.00. The van der Waals surface area contributed by atoms with Gasteiger partial charge in [0, 0.05) is 30.4 Å².